The summed E-state index contributed by atoms with van der Waals surface area (Å²) < 4.78 is 15.2. The molecule has 0 aromatic heterocycles. The molecule has 0 radical (unpaired) electrons. The van der Waals surface area contributed by atoms with Gasteiger partial charge < -0.3 is 24.8 Å². The van der Waals surface area contributed by atoms with Crippen LogP contribution in [0.4, 0.5) is 0 Å². The van der Waals surface area contributed by atoms with Gasteiger partial charge in [0.25, 0.3) is 5.91 Å². The molecule has 8 nitrogen and oxygen atoms in total. The molecule has 0 aliphatic carbocycles. The number of carbonyl (C=O) groups excluding carboxylic acids is 3. The van der Waals surface area contributed by atoms with Gasteiger partial charge in [-0.3, -0.25) is 9.59 Å². The van der Waals surface area contributed by atoms with E-state index in [1.165, 1.54) is 4.90 Å². The summed E-state index contributed by atoms with van der Waals surface area (Å²) in [5.41, 5.74) is 5.31. The number of likely N-dealkylation sites (tertiary alicyclic amines) is 1. The van der Waals surface area contributed by atoms with Crippen molar-refractivity contribution >= 4 is 17.8 Å². The summed E-state index contributed by atoms with van der Waals surface area (Å²) >= 11 is 0. The van der Waals surface area contributed by atoms with E-state index in [0.29, 0.717) is 24.5 Å². The summed E-state index contributed by atoms with van der Waals surface area (Å²) in [6.07, 6.45) is 2.17. The van der Waals surface area contributed by atoms with Crippen molar-refractivity contribution in [1.82, 2.24) is 4.90 Å². The number of amides is 2. The number of piperidine rings is 1. The van der Waals surface area contributed by atoms with Gasteiger partial charge in [-0.05, 0) is 43.5 Å². The molecule has 136 valence electrons. The first-order chi connectivity index (χ1) is 12.0. The molecule has 1 aliphatic rings. The van der Waals surface area contributed by atoms with Gasteiger partial charge in [-0.15, -0.1) is 0 Å². The van der Waals surface area contributed by atoms with Crippen LogP contribution in [0.5, 0.6) is 11.5 Å². The molecule has 2 amide bonds. The molecule has 0 bridgehead atoms. The van der Waals surface area contributed by atoms with Crippen LogP contribution in [-0.4, -0.2) is 55.6 Å². The molecule has 2 N–H and O–H groups in total. The molecular weight excluding hydrogens is 328 g/mol. The van der Waals surface area contributed by atoms with E-state index >= 15 is 0 Å². The molecule has 1 aliphatic heterocycles. The Morgan fingerprint density at radius 3 is 2.44 bits per heavy atom. The molecular formula is C17H22N2O6. The van der Waals surface area contributed by atoms with Crippen LogP contribution in [0.25, 0.3) is 0 Å². The molecule has 25 heavy (non-hydrogen) atoms. The minimum absolute atomic E-state index is 0.321. The zero-order chi connectivity index (χ0) is 18.2. The van der Waals surface area contributed by atoms with Gasteiger partial charge in [-0.1, -0.05) is 0 Å². The fraction of sp³-hybridized carbons (Fsp3) is 0.471. The minimum Gasteiger partial charge on any atom is -0.497 e. The molecule has 1 atom stereocenters. The summed E-state index contributed by atoms with van der Waals surface area (Å²) in [4.78, 5) is 36.6. The van der Waals surface area contributed by atoms with E-state index in [9.17, 15) is 14.4 Å². The van der Waals surface area contributed by atoms with E-state index in [1.54, 1.807) is 31.4 Å². The fourth-order valence-electron chi connectivity index (χ4n) is 2.61. The van der Waals surface area contributed by atoms with Crippen molar-refractivity contribution < 1.29 is 28.6 Å². The standard InChI is InChI=1S/C17H22N2O6/c1-23-12-5-7-13(8-6-12)24-11-16(21)25-10-15(20)19-9-3-2-4-14(19)17(18)22/h5-8,14H,2-4,9-11H2,1H3,(H2,18,22)/t14-/m1/s1. The topological polar surface area (TPSA) is 108 Å². The number of esters is 1. The number of primary amides is 1. The number of methoxy groups -OCH3 is 1. The summed E-state index contributed by atoms with van der Waals surface area (Å²) in [5, 5.41) is 0. The van der Waals surface area contributed by atoms with E-state index in [-0.39, 0.29) is 6.61 Å². The second kappa shape index (κ2) is 8.91. The molecule has 1 saturated heterocycles. The van der Waals surface area contributed by atoms with Gasteiger partial charge in [0.05, 0.1) is 7.11 Å². The summed E-state index contributed by atoms with van der Waals surface area (Å²) in [6.45, 7) is -0.320. The number of carbonyl (C=O) groups is 3. The minimum atomic E-state index is -0.670. The van der Waals surface area contributed by atoms with Gasteiger partial charge in [-0.25, -0.2) is 4.79 Å². The van der Waals surface area contributed by atoms with Crippen LogP contribution in [0.3, 0.4) is 0 Å². The Kier molecular flexibility index (Phi) is 6.62. The molecule has 2 rings (SSSR count). The molecule has 0 spiro atoms. The number of nitrogens with two attached hydrogens (primary N) is 1. The normalized spacial score (nSPS) is 16.8. The highest BCUT2D eigenvalue weighted by Crippen LogP contribution is 2.18. The van der Waals surface area contributed by atoms with E-state index in [4.69, 9.17) is 19.9 Å². The molecule has 1 fully saturated rings. The maximum absolute atomic E-state index is 12.1. The lowest BCUT2D eigenvalue weighted by Gasteiger charge is -2.33. The third-order valence-corrected chi connectivity index (χ3v) is 3.92. The van der Waals surface area contributed by atoms with Crippen molar-refractivity contribution in [3.8, 4) is 11.5 Å². The highest BCUT2D eigenvalue weighted by atomic mass is 16.6. The van der Waals surface area contributed by atoms with E-state index in [2.05, 4.69) is 0 Å². The van der Waals surface area contributed by atoms with Crippen molar-refractivity contribution in [2.45, 2.75) is 25.3 Å². The maximum atomic E-state index is 12.1. The van der Waals surface area contributed by atoms with E-state index < -0.39 is 30.4 Å². The van der Waals surface area contributed by atoms with Crippen LogP contribution in [0.2, 0.25) is 0 Å². The Balaban J connectivity index is 1.76. The van der Waals surface area contributed by atoms with Crippen LogP contribution >= 0.6 is 0 Å². The Bertz CT molecular complexity index is 616. The third kappa shape index (κ3) is 5.37. The van der Waals surface area contributed by atoms with Crippen LogP contribution in [0.1, 0.15) is 19.3 Å². The Hall–Kier alpha value is -2.77. The van der Waals surface area contributed by atoms with Crippen LogP contribution in [0.15, 0.2) is 24.3 Å². The number of hydrogen-bond acceptors (Lipinski definition) is 6. The molecule has 0 unspecified atom stereocenters. The first-order valence-corrected chi connectivity index (χ1v) is 8.02. The highest BCUT2D eigenvalue weighted by Gasteiger charge is 2.30. The molecule has 1 aromatic carbocycles. The van der Waals surface area contributed by atoms with Gasteiger partial charge in [-0.2, -0.15) is 0 Å². The number of benzene rings is 1. The SMILES string of the molecule is COc1ccc(OCC(=O)OCC(=O)N2CCCC[C@@H]2C(N)=O)cc1. The van der Waals surface area contributed by atoms with E-state index in [0.717, 1.165) is 12.8 Å². The smallest absolute Gasteiger partial charge is 0.344 e. The number of ether oxygens (including phenoxy) is 3. The zero-order valence-electron chi connectivity index (χ0n) is 14.1. The van der Waals surface area contributed by atoms with Crippen LogP contribution in [0, 0.1) is 0 Å². The largest absolute Gasteiger partial charge is 0.497 e. The lowest BCUT2D eigenvalue weighted by molar-refractivity contribution is -0.156. The Morgan fingerprint density at radius 2 is 1.80 bits per heavy atom. The number of rotatable bonds is 7. The van der Waals surface area contributed by atoms with Crippen molar-refractivity contribution in [3.63, 3.8) is 0 Å². The summed E-state index contributed by atoms with van der Waals surface area (Å²) in [5.74, 6) is -0.486. The molecule has 1 heterocycles. The van der Waals surface area contributed by atoms with Crippen molar-refractivity contribution in [1.29, 1.82) is 0 Å². The molecule has 1 aromatic rings. The first-order valence-electron chi connectivity index (χ1n) is 8.02. The van der Waals surface area contributed by atoms with Crippen molar-refractivity contribution in [2.24, 2.45) is 5.73 Å². The number of nitrogens with zero attached hydrogens (tertiary/aromatic N) is 1. The van der Waals surface area contributed by atoms with Crippen molar-refractivity contribution in [3.05, 3.63) is 24.3 Å². The van der Waals surface area contributed by atoms with Crippen LogP contribution < -0.4 is 15.2 Å². The van der Waals surface area contributed by atoms with Gasteiger partial charge in [0.2, 0.25) is 5.91 Å². The van der Waals surface area contributed by atoms with Gasteiger partial charge in [0.15, 0.2) is 13.2 Å². The average molecular weight is 350 g/mol. The highest BCUT2D eigenvalue weighted by molar-refractivity contribution is 5.88. The van der Waals surface area contributed by atoms with Crippen molar-refractivity contribution in [2.75, 3.05) is 26.9 Å². The van der Waals surface area contributed by atoms with Gasteiger partial charge in [0, 0.05) is 6.54 Å². The summed E-state index contributed by atoms with van der Waals surface area (Å²) in [7, 11) is 1.55. The first kappa shape index (κ1) is 18.6. The molecule has 0 saturated carbocycles. The average Bonchev–Trinajstić information content (AvgIpc) is 2.64. The van der Waals surface area contributed by atoms with Crippen LogP contribution in [-0.2, 0) is 19.1 Å². The predicted octanol–water partition coefficient (Wildman–Crippen LogP) is 0.484. The zero-order valence-corrected chi connectivity index (χ0v) is 14.1. The summed E-state index contributed by atoms with van der Waals surface area (Å²) in [6, 6.07) is 6.08. The maximum Gasteiger partial charge on any atom is 0.344 e. The monoisotopic (exact) mass is 350 g/mol. The Morgan fingerprint density at radius 1 is 1.12 bits per heavy atom. The second-order valence-corrected chi connectivity index (χ2v) is 5.63. The third-order valence-electron chi connectivity index (χ3n) is 3.92. The Labute approximate surface area is 145 Å². The lowest BCUT2D eigenvalue weighted by atomic mass is 10.0. The quantitative estimate of drug-likeness (QED) is 0.717. The van der Waals surface area contributed by atoms with Gasteiger partial charge >= 0.3 is 5.97 Å². The van der Waals surface area contributed by atoms with Gasteiger partial charge in [0.1, 0.15) is 17.5 Å². The predicted molar refractivity (Wildman–Crippen MR) is 88.0 cm³/mol. The molecule has 8 heteroatoms. The second-order valence-electron chi connectivity index (χ2n) is 5.63. The number of hydrogen-bond donors (Lipinski definition) is 1. The fourth-order valence-corrected chi connectivity index (χ4v) is 2.61. The lowest BCUT2D eigenvalue weighted by Crippen LogP contribution is -2.51. The van der Waals surface area contributed by atoms with E-state index in [1.807, 2.05) is 0 Å².